The molecule has 1 aliphatic carbocycles. The molecular weight excluding hydrogens is 410 g/mol. The van der Waals surface area contributed by atoms with Crippen LogP contribution in [-0.4, -0.2) is 26.4 Å². The predicted octanol–water partition coefficient (Wildman–Crippen LogP) is 5.06. The molecule has 2 aliphatic rings. The molecule has 164 valence electrons. The average Bonchev–Trinajstić information content (AvgIpc) is 3.34. The number of amides is 1. The Morgan fingerprint density at radius 3 is 2.81 bits per heavy atom. The van der Waals surface area contributed by atoms with Gasteiger partial charge in [-0.15, -0.1) is 11.3 Å². The van der Waals surface area contributed by atoms with Crippen molar-refractivity contribution in [3.05, 3.63) is 50.8 Å². The van der Waals surface area contributed by atoms with Crippen LogP contribution in [0.15, 0.2) is 27.6 Å². The Balaban J connectivity index is 1.56. The molecule has 31 heavy (non-hydrogen) atoms. The number of hydrogen-bond acceptors (Lipinski definition) is 5. The van der Waals surface area contributed by atoms with Gasteiger partial charge in [-0.1, -0.05) is 25.7 Å². The highest BCUT2D eigenvalue weighted by Gasteiger charge is 2.31. The first-order chi connectivity index (χ1) is 15.1. The molecule has 0 aromatic carbocycles. The van der Waals surface area contributed by atoms with Crippen LogP contribution in [0.1, 0.15) is 78.2 Å². The summed E-state index contributed by atoms with van der Waals surface area (Å²) in [7, 11) is 0. The standard InChI is InChI=1S/C24H29N3O3S/c1-16-20-22(25-19-12-6-3-7-13-26(19)23(20)28)31-21(16)24(29)27(15-18-11-8-14-30-18)17-9-4-2-5-10-17/h8,11,14,17H,2-7,9-10,12-13,15H2,1H3. The van der Waals surface area contributed by atoms with Crippen LogP contribution < -0.4 is 5.56 Å². The van der Waals surface area contributed by atoms with Crippen molar-refractivity contribution in [3.63, 3.8) is 0 Å². The molecule has 0 spiro atoms. The van der Waals surface area contributed by atoms with Crippen molar-refractivity contribution in [2.45, 2.75) is 83.8 Å². The minimum absolute atomic E-state index is 0.00314. The van der Waals surface area contributed by atoms with Crippen molar-refractivity contribution in [3.8, 4) is 0 Å². The monoisotopic (exact) mass is 439 g/mol. The van der Waals surface area contributed by atoms with Gasteiger partial charge in [-0.25, -0.2) is 4.98 Å². The second kappa shape index (κ2) is 8.61. The third kappa shape index (κ3) is 3.84. The van der Waals surface area contributed by atoms with Gasteiger partial charge in [0.2, 0.25) is 0 Å². The van der Waals surface area contributed by atoms with Crippen molar-refractivity contribution in [1.29, 1.82) is 0 Å². The van der Waals surface area contributed by atoms with Crippen LogP contribution in [0.4, 0.5) is 0 Å². The zero-order valence-corrected chi connectivity index (χ0v) is 18.9. The smallest absolute Gasteiger partial charge is 0.264 e. The molecule has 1 fully saturated rings. The van der Waals surface area contributed by atoms with Gasteiger partial charge in [-0.05, 0) is 50.3 Å². The van der Waals surface area contributed by atoms with Gasteiger partial charge in [-0.3, -0.25) is 14.2 Å². The number of furan rings is 1. The highest BCUT2D eigenvalue weighted by Crippen LogP contribution is 2.32. The van der Waals surface area contributed by atoms with Crippen molar-refractivity contribution in [2.75, 3.05) is 0 Å². The zero-order chi connectivity index (χ0) is 21.4. The molecule has 0 saturated heterocycles. The fraction of sp³-hybridized carbons (Fsp3) is 0.542. The Morgan fingerprint density at radius 2 is 2.03 bits per heavy atom. The number of carbonyl (C=O) groups excluding carboxylic acids is 1. The minimum Gasteiger partial charge on any atom is -0.467 e. The second-order valence-corrected chi connectivity index (χ2v) is 9.84. The van der Waals surface area contributed by atoms with Crippen LogP contribution in [0, 0.1) is 6.92 Å². The van der Waals surface area contributed by atoms with E-state index in [1.165, 1.54) is 17.8 Å². The van der Waals surface area contributed by atoms with E-state index in [2.05, 4.69) is 0 Å². The maximum atomic E-state index is 13.8. The SMILES string of the molecule is Cc1c(C(=O)N(Cc2ccco2)C2CCCCC2)sc2nc3n(c(=O)c12)CCCCC3. The van der Waals surface area contributed by atoms with Gasteiger partial charge in [0.15, 0.2) is 0 Å². The molecular formula is C24H29N3O3S. The molecule has 0 N–H and O–H groups in total. The summed E-state index contributed by atoms with van der Waals surface area (Å²) in [5, 5.41) is 0.626. The Labute approximate surface area is 185 Å². The molecule has 6 nitrogen and oxygen atoms in total. The number of rotatable bonds is 4. The average molecular weight is 440 g/mol. The topological polar surface area (TPSA) is 68.3 Å². The van der Waals surface area contributed by atoms with E-state index in [-0.39, 0.29) is 17.5 Å². The summed E-state index contributed by atoms with van der Waals surface area (Å²) in [4.78, 5) is 35.3. The summed E-state index contributed by atoms with van der Waals surface area (Å²) in [6.07, 6.45) is 11.2. The minimum atomic E-state index is 0.00314. The van der Waals surface area contributed by atoms with Crippen molar-refractivity contribution < 1.29 is 9.21 Å². The molecule has 0 unspecified atom stereocenters. The van der Waals surface area contributed by atoms with Gasteiger partial charge in [0, 0.05) is 19.0 Å². The summed E-state index contributed by atoms with van der Waals surface area (Å²) < 4.78 is 7.41. The predicted molar refractivity (Wildman–Crippen MR) is 122 cm³/mol. The summed E-state index contributed by atoms with van der Waals surface area (Å²) in [6, 6.07) is 4.00. The molecule has 7 heteroatoms. The van der Waals surface area contributed by atoms with Crippen LogP contribution in [-0.2, 0) is 19.5 Å². The largest absolute Gasteiger partial charge is 0.467 e. The van der Waals surface area contributed by atoms with E-state index < -0.39 is 0 Å². The van der Waals surface area contributed by atoms with Gasteiger partial charge in [-0.2, -0.15) is 0 Å². The maximum Gasteiger partial charge on any atom is 0.264 e. The number of hydrogen-bond donors (Lipinski definition) is 0. The summed E-state index contributed by atoms with van der Waals surface area (Å²) in [5.74, 6) is 1.67. The van der Waals surface area contributed by atoms with Gasteiger partial charge in [0.05, 0.1) is 23.1 Å². The van der Waals surface area contributed by atoms with Gasteiger partial charge >= 0.3 is 0 Å². The van der Waals surface area contributed by atoms with E-state index in [1.807, 2.05) is 28.5 Å². The molecule has 0 atom stereocenters. The lowest BCUT2D eigenvalue weighted by Gasteiger charge is -2.33. The Kier molecular flexibility index (Phi) is 5.69. The summed E-state index contributed by atoms with van der Waals surface area (Å²) >= 11 is 1.38. The Bertz CT molecular complexity index is 1140. The van der Waals surface area contributed by atoms with Crippen LogP contribution >= 0.6 is 11.3 Å². The summed E-state index contributed by atoms with van der Waals surface area (Å²) in [5.41, 5.74) is 0.798. The van der Waals surface area contributed by atoms with Gasteiger partial charge in [0.25, 0.3) is 11.5 Å². The van der Waals surface area contributed by atoms with E-state index >= 15 is 0 Å². The number of thiophene rings is 1. The fourth-order valence-electron chi connectivity index (χ4n) is 5.07. The molecule has 3 aromatic rings. The highest BCUT2D eigenvalue weighted by molar-refractivity contribution is 7.20. The van der Waals surface area contributed by atoms with Crippen LogP contribution in [0.3, 0.4) is 0 Å². The van der Waals surface area contributed by atoms with Crippen LogP contribution in [0.25, 0.3) is 10.2 Å². The zero-order valence-electron chi connectivity index (χ0n) is 18.1. The second-order valence-electron chi connectivity index (χ2n) is 8.84. The van der Waals surface area contributed by atoms with E-state index in [0.717, 1.165) is 75.1 Å². The fourth-order valence-corrected chi connectivity index (χ4v) is 6.22. The van der Waals surface area contributed by atoms with E-state index in [1.54, 1.807) is 6.26 Å². The highest BCUT2D eigenvalue weighted by atomic mass is 32.1. The first kappa shape index (κ1) is 20.5. The van der Waals surface area contributed by atoms with E-state index in [9.17, 15) is 9.59 Å². The molecule has 3 aromatic heterocycles. The molecule has 0 radical (unpaired) electrons. The molecule has 1 aliphatic heterocycles. The van der Waals surface area contributed by atoms with Crippen LogP contribution in [0.5, 0.6) is 0 Å². The lowest BCUT2D eigenvalue weighted by atomic mass is 9.93. The first-order valence-electron chi connectivity index (χ1n) is 11.5. The number of aromatic nitrogens is 2. The molecule has 1 saturated carbocycles. The normalized spacial score (nSPS) is 17.5. The van der Waals surface area contributed by atoms with Crippen molar-refractivity contribution in [2.24, 2.45) is 0 Å². The third-order valence-electron chi connectivity index (χ3n) is 6.79. The Morgan fingerprint density at radius 1 is 1.23 bits per heavy atom. The van der Waals surface area contributed by atoms with E-state index in [4.69, 9.17) is 9.40 Å². The van der Waals surface area contributed by atoms with Crippen molar-refractivity contribution >= 4 is 27.5 Å². The number of fused-ring (bicyclic) bond motifs is 2. The number of nitrogens with zero attached hydrogens (tertiary/aromatic N) is 3. The Hall–Kier alpha value is -2.41. The first-order valence-corrected chi connectivity index (χ1v) is 12.3. The quantitative estimate of drug-likeness (QED) is 0.570. The molecule has 4 heterocycles. The number of aryl methyl sites for hydroxylation is 2. The lowest BCUT2D eigenvalue weighted by molar-refractivity contribution is 0.0601. The van der Waals surface area contributed by atoms with Crippen LogP contribution in [0.2, 0.25) is 0 Å². The molecule has 5 rings (SSSR count). The summed E-state index contributed by atoms with van der Waals surface area (Å²) in [6.45, 7) is 3.10. The number of carbonyl (C=O) groups is 1. The maximum absolute atomic E-state index is 13.8. The van der Waals surface area contributed by atoms with Crippen molar-refractivity contribution in [1.82, 2.24) is 14.5 Å². The van der Waals surface area contributed by atoms with Gasteiger partial charge < -0.3 is 9.32 Å². The third-order valence-corrected chi connectivity index (χ3v) is 7.96. The van der Waals surface area contributed by atoms with E-state index in [0.29, 0.717) is 21.6 Å². The lowest BCUT2D eigenvalue weighted by Crippen LogP contribution is -2.40. The molecule has 1 amide bonds. The van der Waals surface area contributed by atoms with Gasteiger partial charge in [0.1, 0.15) is 16.4 Å². The molecule has 0 bridgehead atoms.